The Morgan fingerprint density at radius 2 is 1.67 bits per heavy atom. The number of hydrogen-bond donors (Lipinski definition) is 1. The largest absolute Gasteiger partial charge is 0.377 e. The van der Waals surface area contributed by atoms with E-state index in [0.717, 1.165) is 18.8 Å². The minimum absolute atomic E-state index is 0.00329. The van der Waals surface area contributed by atoms with Crippen molar-refractivity contribution in [1.29, 1.82) is 0 Å². The normalized spacial score (nSPS) is 31.2. The van der Waals surface area contributed by atoms with Gasteiger partial charge in [-0.3, -0.25) is 0 Å². The van der Waals surface area contributed by atoms with E-state index in [1.807, 2.05) is 7.11 Å². The Balaban J connectivity index is 2.03. The van der Waals surface area contributed by atoms with Crippen molar-refractivity contribution in [2.24, 2.45) is 17.1 Å². The standard InChI is InChI=1S/C13H25NO/c1-12(2)6-8-13(15-3,9-7-12)11(14)10-4-5-10/h10-11H,4-9,14H2,1-3H3. The molecule has 15 heavy (non-hydrogen) atoms. The zero-order valence-corrected chi connectivity index (χ0v) is 10.4. The smallest absolute Gasteiger partial charge is 0.0831 e. The second kappa shape index (κ2) is 3.74. The summed E-state index contributed by atoms with van der Waals surface area (Å²) in [7, 11) is 1.85. The molecule has 2 rings (SSSR count). The first-order chi connectivity index (χ1) is 6.99. The molecule has 2 heteroatoms. The van der Waals surface area contributed by atoms with E-state index in [4.69, 9.17) is 10.5 Å². The van der Waals surface area contributed by atoms with Crippen LogP contribution >= 0.6 is 0 Å². The van der Waals surface area contributed by atoms with E-state index in [-0.39, 0.29) is 11.6 Å². The van der Waals surface area contributed by atoms with Gasteiger partial charge in [-0.2, -0.15) is 0 Å². The van der Waals surface area contributed by atoms with Crippen molar-refractivity contribution in [1.82, 2.24) is 0 Å². The zero-order valence-electron chi connectivity index (χ0n) is 10.4. The van der Waals surface area contributed by atoms with E-state index in [1.54, 1.807) is 0 Å². The van der Waals surface area contributed by atoms with E-state index in [0.29, 0.717) is 5.41 Å². The topological polar surface area (TPSA) is 35.2 Å². The van der Waals surface area contributed by atoms with Crippen LogP contribution in [0.15, 0.2) is 0 Å². The van der Waals surface area contributed by atoms with Gasteiger partial charge in [0.25, 0.3) is 0 Å². The van der Waals surface area contributed by atoms with Crippen LogP contribution in [0.25, 0.3) is 0 Å². The van der Waals surface area contributed by atoms with E-state index in [1.165, 1.54) is 25.7 Å². The van der Waals surface area contributed by atoms with Gasteiger partial charge >= 0.3 is 0 Å². The maximum absolute atomic E-state index is 6.36. The fourth-order valence-corrected chi connectivity index (χ4v) is 2.91. The van der Waals surface area contributed by atoms with E-state index < -0.39 is 0 Å². The van der Waals surface area contributed by atoms with Crippen LogP contribution in [0.1, 0.15) is 52.4 Å². The first-order valence-electron chi connectivity index (χ1n) is 6.30. The molecule has 1 atom stereocenters. The molecule has 2 N–H and O–H groups in total. The molecular formula is C13H25NO. The van der Waals surface area contributed by atoms with Crippen molar-refractivity contribution in [3.63, 3.8) is 0 Å². The Hall–Kier alpha value is -0.0800. The highest BCUT2D eigenvalue weighted by Gasteiger charge is 2.47. The average Bonchev–Trinajstić information content (AvgIpc) is 3.01. The molecule has 2 aliphatic carbocycles. The summed E-state index contributed by atoms with van der Waals surface area (Å²) in [5, 5.41) is 0. The number of rotatable bonds is 3. The summed E-state index contributed by atoms with van der Waals surface area (Å²) < 4.78 is 5.81. The van der Waals surface area contributed by atoms with Crippen molar-refractivity contribution in [3.8, 4) is 0 Å². The van der Waals surface area contributed by atoms with Crippen molar-refractivity contribution < 1.29 is 4.74 Å². The fraction of sp³-hybridized carbons (Fsp3) is 1.00. The van der Waals surface area contributed by atoms with Crippen LogP contribution in [0.5, 0.6) is 0 Å². The van der Waals surface area contributed by atoms with Gasteiger partial charge in [0.1, 0.15) is 0 Å². The molecule has 0 aromatic carbocycles. The summed E-state index contributed by atoms with van der Waals surface area (Å²) >= 11 is 0. The molecule has 0 bridgehead atoms. The van der Waals surface area contributed by atoms with Gasteiger partial charge in [0.05, 0.1) is 5.60 Å². The highest BCUT2D eigenvalue weighted by atomic mass is 16.5. The van der Waals surface area contributed by atoms with Crippen LogP contribution < -0.4 is 5.73 Å². The van der Waals surface area contributed by atoms with Crippen LogP contribution in [0.4, 0.5) is 0 Å². The molecule has 2 fully saturated rings. The lowest BCUT2D eigenvalue weighted by atomic mass is 9.68. The maximum Gasteiger partial charge on any atom is 0.0831 e. The number of nitrogens with two attached hydrogens (primary N) is 1. The summed E-state index contributed by atoms with van der Waals surface area (Å²) in [5.41, 5.74) is 6.85. The van der Waals surface area contributed by atoms with Crippen LogP contribution in [0.2, 0.25) is 0 Å². The second-order valence-corrected chi connectivity index (χ2v) is 6.30. The molecule has 2 aliphatic rings. The third-order valence-corrected chi connectivity index (χ3v) is 4.59. The summed E-state index contributed by atoms with van der Waals surface area (Å²) in [6.45, 7) is 4.71. The van der Waals surface area contributed by atoms with Gasteiger partial charge < -0.3 is 10.5 Å². The number of methoxy groups -OCH3 is 1. The lowest BCUT2D eigenvalue weighted by Gasteiger charge is -2.46. The first-order valence-corrected chi connectivity index (χ1v) is 6.30. The summed E-state index contributed by atoms with van der Waals surface area (Å²) in [6.07, 6.45) is 7.43. The Bertz CT molecular complexity index is 223. The van der Waals surface area contributed by atoms with Gasteiger partial charge in [-0.1, -0.05) is 13.8 Å². The van der Waals surface area contributed by atoms with Gasteiger partial charge in [0, 0.05) is 13.2 Å². The SMILES string of the molecule is COC1(C(N)C2CC2)CCC(C)(C)CC1. The summed E-state index contributed by atoms with van der Waals surface area (Å²) in [6, 6.07) is 0.276. The first kappa shape index (κ1) is 11.4. The molecule has 0 aliphatic heterocycles. The maximum atomic E-state index is 6.36. The van der Waals surface area contributed by atoms with E-state index >= 15 is 0 Å². The predicted octanol–water partition coefficient (Wildman–Crippen LogP) is 2.71. The van der Waals surface area contributed by atoms with Gasteiger partial charge in [-0.25, -0.2) is 0 Å². The summed E-state index contributed by atoms with van der Waals surface area (Å²) in [5.74, 6) is 0.742. The zero-order chi connectivity index (χ0) is 11.1. The molecule has 0 spiro atoms. The Labute approximate surface area is 93.6 Å². The Kier molecular flexibility index (Phi) is 2.85. The van der Waals surface area contributed by atoms with Gasteiger partial charge in [-0.05, 0) is 49.9 Å². The van der Waals surface area contributed by atoms with E-state index in [9.17, 15) is 0 Å². The predicted molar refractivity (Wildman–Crippen MR) is 62.7 cm³/mol. The molecule has 2 saturated carbocycles. The number of ether oxygens (including phenoxy) is 1. The lowest BCUT2D eigenvalue weighted by Crippen LogP contribution is -2.53. The molecule has 0 amide bonds. The molecule has 0 radical (unpaired) electrons. The van der Waals surface area contributed by atoms with Crippen LogP contribution in [0, 0.1) is 11.3 Å². The van der Waals surface area contributed by atoms with Crippen LogP contribution in [0.3, 0.4) is 0 Å². The van der Waals surface area contributed by atoms with Crippen LogP contribution in [-0.2, 0) is 4.74 Å². The fourth-order valence-electron chi connectivity index (χ4n) is 2.91. The van der Waals surface area contributed by atoms with Crippen molar-refractivity contribution in [2.75, 3.05) is 7.11 Å². The van der Waals surface area contributed by atoms with Crippen LogP contribution in [-0.4, -0.2) is 18.8 Å². The molecule has 0 aromatic rings. The minimum Gasteiger partial charge on any atom is -0.377 e. The molecule has 0 saturated heterocycles. The quantitative estimate of drug-likeness (QED) is 0.779. The highest BCUT2D eigenvalue weighted by Crippen LogP contribution is 2.47. The molecule has 0 heterocycles. The van der Waals surface area contributed by atoms with Gasteiger partial charge in [0.2, 0.25) is 0 Å². The lowest BCUT2D eigenvalue weighted by molar-refractivity contribution is -0.0825. The molecular weight excluding hydrogens is 186 g/mol. The molecule has 1 unspecified atom stereocenters. The van der Waals surface area contributed by atoms with Crippen molar-refractivity contribution in [3.05, 3.63) is 0 Å². The van der Waals surface area contributed by atoms with Crippen molar-refractivity contribution >= 4 is 0 Å². The minimum atomic E-state index is -0.00329. The summed E-state index contributed by atoms with van der Waals surface area (Å²) in [4.78, 5) is 0. The van der Waals surface area contributed by atoms with Crippen molar-refractivity contribution in [2.45, 2.75) is 64.0 Å². The average molecular weight is 211 g/mol. The third kappa shape index (κ3) is 2.21. The molecule has 0 aromatic heterocycles. The highest BCUT2D eigenvalue weighted by molar-refractivity contribution is 5.02. The van der Waals surface area contributed by atoms with Gasteiger partial charge in [0.15, 0.2) is 0 Å². The number of hydrogen-bond acceptors (Lipinski definition) is 2. The molecule has 88 valence electrons. The Morgan fingerprint density at radius 3 is 2.07 bits per heavy atom. The van der Waals surface area contributed by atoms with Gasteiger partial charge in [-0.15, -0.1) is 0 Å². The Morgan fingerprint density at radius 1 is 1.13 bits per heavy atom. The molecule has 2 nitrogen and oxygen atoms in total. The monoisotopic (exact) mass is 211 g/mol. The third-order valence-electron chi connectivity index (χ3n) is 4.59. The van der Waals surface area contributed by atoms with E-state index in [2.05, 4.69) is 13.8 Å². The second-order valence-electron chi connectivity index (χ2n) is 6.30.